The second-order valence-corrected chi connectivity index (χ2v) is 9.63. The second kappa shape index (κ2) is 12.0. The topological polar surface area (TPSA) is 137 Å². The Morgan fingerprint density at radius 2 is 1.75 bits per heavy atom. The first-order valence-electron chi connectivity index (χ1n) is 10.8. The fraction of sp³-hybridized carbons (Fsp3) is 0.160. The normalized spacial score (nSPS) is 11.4. The summed E-state index contributed by atoms with van der Waals surface area (Å²) in [5, 5.41) is 16.1. The van der Waals surface area contributed by atoms with Crippen molar-refractivity contribution in [1.82, 2.24) is 9.73 Å². The van der Waals surface area contributed by atoms with E-state index in [2.05, 4.69) is 15.8 Å². The summed E-state index contributed by atoms with van der Waals surface area (Å²) in [6.07, 6.45) is 1.34. The Morgan fingerprint density at radius 3 is 2.39 bits per heavy atom. The maximum absolute atomic E-state index is 13.4. The van der Waals surface area contributed by atoms with Crippen LogP contribution in [0.1, 0.15) is 18.1 Å². The molecule has 0 atom stereocenters. The third-order valence-electron chi connectivity index (χ3n) is 4.94. The molecule has 3 aromatic rings. The molecule has 2 amide bonds. The predicted molar refractivity (Wildman–Crippen MR) is 135 cm³/mol. The molecule has 0 fully saturated rings. The Bertz CT molecular complexity index is 1340. The third kappa shape index (κ3) is 7.14. The average molecular weight is 511 g/mol. The molecule has 3 aromatic carbocycles. The molecule has 0 aliphatic rings. The van der Waals surface area contributed by atoms with E-state index in [1.165, 1.54) is 56.6 Å². The van der Waals surface area contributed by atoms with Gasteiger partial charge >= 0.3 is 0 Å². The Hall–Kier alpha value is -4.22. The molecule has 3 rings (SSSR count). The van der Waals surface area contributed by atoms with Gasteiger partial charge in [-0.15, -0.1) is 0 Å². The first-order valence-corrected chi connectivity index (χ1v) is 12.2. The van der Waals surface area contributed by atoms with Crippen molar-refractivity contribution < 1.29 is 27.9 Å². The van der Waals surface area contributed by atoms with E-state index in [4.69, 9.17) is 4.74 Å². The van der Waals surface area contributed by atoms with Gasteiger partial charge in [-0.05, 0) is 53.6 Å². The lowest BCUT2D eigenvalue weighted by Crippen LogP contribution is -2.39. The number of sulfonamides is 1. The van der Waals surface area contributed by atoms with Gasteiger partial charge in [0.25, 0.3) is 5.91 Å². The second-order valence-electron chi connectivity index (χ2n) is 7.69. The number of nitrogens with zero attached hydrogens (tertiary/aromatic N) is 2. The van der Waals surface area contributed by atoms with Crippen molar-refractivity contribution >= 4 is 33.7 Å². The fourth-order valence-corrected chi connectivity index (χ4v) is 4.61. The first-order chi connectivity index (χ1) is 17.2. The summed E-state index contributed by atoms with van der Waals surface area (Å²) < 4.78 is 32.9. The summed E-state index contributed by atoms with van der Waals surface area (Å²) in [5.41, 5.74) is 4.03. The predicted octanol–water partition coefficient (Wildman–Crippen LogP) is 2.70. The van der Waals surface area contributed by atoms with Crippen LogP contribution in [0.3, 0.4) is 0 Å². The third-order valence-corrected chi connectivity index (χ3v) is 6.75. The Labute approximate surface area is 209 Å². The van der Waals surface area contributed by atoms with Crippen LogP contribution in [-0.2, 0) is 26.2 Å². The van der Waals surface area contributed by atoms with Crippen LogP contribution in [-0.4, -0.2) is 49.5 Å². The van der Waals surface area contributed by atoms with Crippen molar-refractivity contribution in [3.63, 3.8) is 0 Å². The van der Waals surface area contributed by atoms with Crippen LogP contribution in [0, 0.1) is 0 Å². The Kier molecular flexibility index (Phi) is 8.76. The van der Waals surface area contributed by atoms with E-state index in [-0.39, 0.29) is 28.8 Å². The number of anilines is 1. The number of nitrogens with one attached hydrogen (secondary N) is 2. The molecule has 0 aliphatic heterocycles. The summed E-state index contributed by atoms with van der Waals surface area (Å²) in [6, 6.07) is 19.1. The molecule has 0 aromatic heterocycles. The van der Waals surface area contributed by atoms with Crippen molar-refractivity contribution in [2.75, 3.05) is 19.0 Å². The minimum Gasteiger partial charge on any atom is -0.504 e. The molecule has 0 saturated heterocycles. The van der Waals surface area contributed by atoms with Gasteiger partial charge in [0.15, 0.2) is 11.5 Å². The zero-order valence-electron chi connectivity index (χ0n) is 19.7. The molecular formula is C25H26N4O6S. The maximum Gasteiger partial charge on any atom is 0.255 e. The summed E-state index contributed by atoms with van der Waals surface area (Å²) in [5.74, 6) is -0.717. The van der Waals surface area contributed by atoms with E-state index >= 15 is 0 Å². The molecule has 3 N–H and O–H groups in total. The molecule has 36 heavy (non-hydrogen) atoms. The van der Waals surface area contributed by atoms with E-state index in [1.807, 2.05) is 6.07 Å². The number of carbonyl (C=O) groups is 2. The van der Waals surface area contributed by atoms with E-state index < -0.39 is 22.5 Å². The maximum atomic E-state index is 13.4. The summed E-state index contributed by atoms with van der Waals surface area (Å²) in [6.45, 7) is 0.829. The molecule has 0 radical (unpaired) electrons. The summed E-state index contributed by atoms with van der Waals surface area (Å²) in [7, 11) is -2.66. The molecule has 10 nitrogen and oxygen atoms in total. The number of hydrogen-bond donors (Lipinski definition) is 3. The smallest absolute Gasteiger partial charge is 0.255 e. The van der Waals surface area contributed by atoms with E-state index in [1.54, 1.807) is 30.3 Å². The lowest BCUT2D eigenvalue weighted by Gasteiger charge is -2.21. The van der Waals surface area contributed by atoms with Crippen molar-refractivity contribution in [3.05, 3.63) is 83.9 Å². The monoisotopic (exact) mass is 510 g/mol. The molecule has 188 valence electrons. The number of rotatable bonds is 10. The van der Waals surface area contributed by atoms with Crippen LogP contribution in [0.2, 0.25) is 0 Å². The molecule has 0 aliphatic carbocycles. The average Bonchev–Trinajstić information content (AvgIpc) is 2.85. The highest BCUT2D eigenvalue weighted by Crippen LogP contribution is 2.25. The van der Waals surface area contributed by atoms with Gasteiger partial charge in [-0.3, -0.25) is 9.59 Å². The van der Waals surface area contributed by atoms with E-state index in [0.29, 0.717) is 16.8 Å². The van der Waals surface area contributed by atoms with Gasteiger partial charge in [0, 0.05) is 19.2 Å². The van der Waals surface area contributed by atoms with Gasteiger partial charge in [0.2, 0.25) is 15.9 Å². The highest BCUT2D eigenvalue weighted by molar-refractivity contribution is 7.89. The van der Waals surface area contributed by atoms with Crippen molar-refractivity contribution in [1.29, 1.82) is 0 Å². The van der Waals surface area contributed by atoms with Crippen LogP contribution < -0.4 is 15.5 Å². The van der Waals surface area contributed by atoms with Crippen molar-refractivity contribution in [2.45, 2.75) is 18.4 Å². The molecule has 0 bridgehead atoms. The van der Waals surface area contributed by atoms with E-state index in [9.17, 15) is 23.1 Å². The van der Waals surface area contributed by atoms with Crippen molar-refractivity contribution in [3.8, 4) is 11.5 Å². The Balaban J connectivity index is 1.77. The minimum absolute atomic E-state index is 0.0278. The number of phenolic OH excluding ortho intramolecular Hbond substituents is 1. The standard InChI is InChI=1S/C25H26N4O6S/c1-18(30)27-21-9-11-22(12-10-21)36(33,34)29(16-19-6-4-3-5-7-19)17-25(32)28-26-15-20-8-13-23(31)24(14-20)35-2/h3-15,31H,16-17H2,1-2H3,(H,27,30)(H,28,32). The summed E-state index contributed by atoms with van der Waals surface area (Å²) >= 11 is 0. The van der Waals surface area contributed by atoms with Crippen molar-refractivity contribution in [2.24, 2.45) is 5.10 Å². The van der Waals surface area contributed by atoms with Gasteiger partial charge in [-0.25, -0.2) is 13.8 Å². The minimum atomic E-state index is -4.07. The first kappa shape index (κ1) is 26.4. The number of ether oxygens (including phenoxy) is 1. The van der Waals surface area contributed by atoms with Gasteiger partial charge in [0.1, 0.15) is 0 Å². The largest absolute Gasteiger partial charge is 0.504 e. The highest BCUT2D eigenvalue weighted by atomic mass is 32.2. The SMILES string of the molecule is COc1cc(C=NNC(=O)CN(Cc2ccccc2)S(=O)(=O)c2ccc(NC(C)=O)cc2)ccc1O. The summed E-state index contributed by atoms with van der Waals surface area (Å²) in [4.78, 5) is 23.8. The molecule has 0 unspecified atom stereocenters. The lowest BCUT2D eigenvalue weighted by molar-refractivity contribution is -0.121. The highest BCUT2D eigenvalue weighted by Gasteiger charge is 2.27. The molecule has 0 spiro atoms. The van der Waals surface area contributed by atoms with Crippen LogP contribution >= 0.6 is 0 Å². The van der Waals surface area contributed by atoms with Crippen LogP contribution in [0.25, 0.3) is 0 Å². The molecule has 0 heterocycles. The number of benzene rings is 3. The van der Waals surface area contributed by atoms with Crippen LogP contribution in [0.5, 0.6) is 11.5 Å². The van der Waals surface area contributed by atoms with Crippen LogP contribution in [0.15, 0.2) is 82.8 Å². The van der Waals surface area contributed by atoms with Crippen LogP contribution in [0.4, 0.5) is 5.69 Å². The number of hydrogen-bond acceptors (Lipinski definition) is 7. The Morgan fingerprint density at radius 1 is 1.06 bits per heavy atom. The van der Waals surface area contributed by atoms with E-state index in [0.717, 1.165) is 4.31 Å². The zero-order chi connectivity index (χ0) is 26.1. The molecule has 11 heteroatoms. The number of hydrazone groups is 1. The number of methoxy groups -OCH3 is 1. The van der Waals surface area contributed by atoms with Gasteiger partial charge in [-0.1, -0.05) is 30.3 Å². The fourth-order valence-electron chi connectivity index (χ4n) is 3.22. The number of amides is 2. The zero-order valence-corrected chi connectivity index (χ0v) is 20.5. The van der Waals surface area contributed by atoms with Gasteiger partial charge < -0.3 is 15.2 Å². The van der Waals surface area contributed by atoms with Gasteiger partial charge in [-0.2, -0.15) is 9.41 Å². The number of aromatic hydroxyl groups is 1. The molecular weight excluding hydrogens is 484 g/mol. The quantitative estimate of drug-likeness (QED) is 0.283. The number of phenols is 1. The lowest BCUT2D eigenvalue weighted by atomic mass is 10.2. The molecule has 0 saturated carbocycles. The number of carbonyl (C=O) groups excluding carboxylic acids is 2. The van der Waals surface area contributed by atoms with Gasteiger partial charge in [0.05, 0.1) is 24.8 Å².